The molecule has 2 aliphatic heterocycles. The van der Waals surface area contributed by atoms with Crippen molar-refractivity contribution >= 4 is 45.9 Å². The number of nitrogens with one attached hydrogen (secondary N) is 1. The van der Waals surface area contributed by atoms with Crippen LogP contribution in [0, 0.1) is 0 Å². The van der Waals surface area contributed by atoms with Gasteiger partial charge in [0, 0.05) is 31.6 Å². The van der Waals surface area contributed by atoms with Crippen molar-refractivity contribution in [3.05, 3.63) is 75.8 Å². The normalized spacial score (nSPS) is 20.4. The highest BCUT2D eigenvalue weighted by atomic mass is 35.5. The fourth-order valence-corrected chi connectivity index (χ4v) is 5.90. The van der Waals surface area contributed by atoms with Gasteiger partial charge in [-0.1, -0.05) is 35.3 Å². The molecule has 1 N–H and O–H groups in total. The molecule has 38 heavy (non-hydrogen) atoms. The Morgan fingerprint density at radius 1 is 0.895 bits per heavy atom. The van der Waals surface area contributed by atoms with E-state index in [2.05, 4.69) is 24.8 Å². The number of benzene rings is 2. The summed E-state index contributed by atoms with van der Waals surface area (Å²) < 4.78 is 39.0. The Labute approximate surface area is 227 Å². The van der Waals surface area contributed by atoms with Gasteiger partial charge in [-0.3, -0.25) is 0 Å². The van der Waals surface area contributed by atoms with Crippen LogP contribution in [0.2, 0.25) is 10.0 Å². The fraction of sp³-hybridized carbons (Fsp3) is 0.370. The van der Waals surface area contributed by atoms with Crippen molar-refractivity contribution in [2.24, 2.45) is 0 Å². The van der Waals surface area contributed by atoms with E-state index in [1.54, 1.807) is 30.6 Å². The van der Waals surface area contributed by atoms with Crippen LogP contribution in [0.15, 0.2) is 48.8 Å². The summed E-state index contributed by atoms with van der Waals surface area (Å²) in [5.41, 5.74) is 1.91. The van der Waals surface area contributed by atoms with Crippen molar-refractivity contribution < 1.29 is 13.2 Å². The number of halogens is 5. The maximum absolute atomic E-state index is 13.0. The molecule has 0 bridgehead atoms. The molecular weight excluding hydrogens is 536 g/mol. The fourth-order valence-electron chi connectivity index (χ4n) is 5.58. The number of aromatic nitrogens is 4. The second kappa shape index (κ2) is 9.93. The highest BCUT2D eigenvalue weighted by molar-refractivity contribution is 6.42. The van der Waals surface area contributed by atoms with E-state index in [4.69, 9.17) is 28.2 Å². The van der Waals surface area contributed by atoms with E-state index in [9.17, 15) is 13.2 Å². The molecular formula is C27H25Cl2F3N6. The molecule has 4 heterocycles. The Morgan fingerprint density at radius 3 is 2.42 bits per heavy atom. The number of imidazole rings is 1. The third-order valence-electron chi connectivity index (χ3n) is 7.50. The van der Waals surface area contributed by atoms with Gasteiger partial charge in [-0.25, -0.2) is 15.0 Å². The van der Waals surface area contributed by atoms with E-state index in [-0.39, 0.29) is 12.0 Å². The van der Waals surface area contributed by atoms with Gasteiger partial charge in [0.1, 0.15) is 23.8 Å². The van der Waals surface area contributed by atoms with Crippen LogP contribution in [-0.2, 0) is 6.18 Å². The standard InChI is InChI=1S/C27H25Cl2F3N6/c28-19-11-21-22(12-20(19)29)36-26(35-21)23-4-2-10-38(23)25-13-24(33-15-34-25)37-9-1-3-17(14-37)16-5-7-18(8-6-16)27(30,31)32/h5-8,11-13,15,17,23H,1-4,9-10,14H2,(H,35,36)/t17?,23-/m0/s1. The minimum Gasteiger partial charge on any atom is -0.356 e. The number of nitrogens with zero attached hydrogens (tertiary/aromatic N) is 5. The summed E-state index contributed by atoms with van der Waals surface area (Å²) in [6, 6.07) is 11.1. The maximum Gasteiger partial charge on any atom is 0.416 e. The number of alkyl halides is 3. The van der Waals surface area contributed by atoms with Gasteiger partial charge in [-0.15, -0.1) is 0 Å². The van der Waals surface area contributed by atoms with Gasteiger partial charge >= 0.3 is 6.18 Å². The van der Waals surface area contributed by atoms with E-state index in [0.717, 1.165) is 72.8 Å². The summed E-state index contributed by atoms with van der Waals surface area (Å²) in [4.78, 5) is 21.8. The van der Waals surface area contributed by atoms with Crippen LogP contribution in [0.5, 0.6) is 0 Å². The molecule has 0 amide bonds. The molecule has 4 aromatic rings. The van der Waals surface area contributed by atoms with Crippen molar-refractivity contribution in [1.82, 2.24) is 19.9 Å². The Morgan fingerprint density at radius 2 is 1.63 bits per heavy atom. The van der Waals surface area contributed by atoms with E-state index >= 15 is 0 Å². The van der Waals surface area contributed by atoms with Crippen LogP contribution in [0.4, 0.5) is 24.8 Å². The lowest BCUT2D eigenvalue weighted by atomic mass is 9.90. The van der Waals surface area contributed by atoms with E-state index in [1.807, 2.05) is 6.07 Å². The smallest absolute Gasteiger partial charge is 0.356 e. The molecule has 2 aromatic carbocycles. The first-order chi connectivity index (χ1) is 18.3. The van der Waals surface area contributed by atoms with Gasteiger partial charge in [-0.05, 0) is 55.5 Å². The highest BCUT2D eigenvalue weighted by Gasteiger charge is 2.32. The highest BCUT2D eigenvalue weighted by Crippen LogP contribution is 2.38. The molecule has 2 aliphatic rings. The number of piperidine rings is 1. The molecule has 198 valence electrons. The summed E-state index contributed by atoms with van der Waals surface area (Å²) in [5, 5.41) is 0.950. The summed E-state index contributed by atoms with van der Waals surface area (Å²) in [7, 11) is 0. The van der Waals surface area contributed by atoms with Crippen molar-refractivity contribution in [2.45, 2.75) is 43.8 Å². The second-order valence-electron chi connectivity index (χ2n) is 9.90. The Balaban J connectivity index is 1.22. The van der Waals surface area contributed by atoms with Crippen molar-refractivity contribution in [1.29, 1.82) is 0 Å². The van der Waals surface area contributed by atoms with Crippen LogP contribution >= 0.6 is 23.2 Å². The van der Waals surface area contributed by atoms with Crippen molar-refractivity contribution in [2.75, 3.05) is 29.4 Å². The van der Waals surface area contributed by atoms with Crippen LogP contribution in [-0.4, -0.2) is 39.6 Å². The molecule has 2 fully saturated rings. The van der Waals surface area contributed by atoms with E-state index in [0.29, 0.717) is 16.6 Å². The van der Waals surface area contributed by atoms with Gasteiger partial charge in [-0.2, -0.15) is 13.2 Å². The molecule has 0 saturated carbocycles. The monoisotopic (exact) mass is 560 g/mol. The molecule has 11 heteroatoms. The van der Waals surface area contributed by atoms with Crippen molar-refractivity contribution in [3.8, 4) is 0 Å². The SMILES string of the molecule is FC(F)(F)c1ccc(C2CCCN(c3cc(N4CCC[C@H]4c4nc5cc(Cl)c(Cl)cc5[nH]4)ncn3)C2)cc1. The van der Waals surface area contributed by atoms with Crippen LogP contribution in [0.25, 0.3) is 11.0 Å². The Hall–Kier alpha value is -3.04. The zero-order valence-corrected chi connectivity index (χ0v) is 21.9. The third kappa shape index (κ3) is 4.89. The molecule has 0 spiro atoms. The summed E-state index contributed by atoms with van der Waals surface area (Å²) in [5.74, 6) is 2.63. The van der Waals surface area contributed by atoms with Gasteiger partial charge in [0.2, 0.25) is 0 Å². The molecule has 2 atom stereocenters. The number of H-pyrrole nitrogens is 1. The number of fused-ring (bicyclic) bond motifs is 1. The van der Waals surface area contributed by atoms with E-state index < -0.39 is 11.7 Å². The summed E-state index contributed by atoms with van der Waals surface area (Å²) in [6.07, 6.45) is 1.04. The molecule has 6 rings (SSSR count). The number of anilines is 2. The number of rotatable bonds is 4. The first-order valence-electron chi connectivity index (χ1n) is 12.6. The Kier molecular flexibility index (Phi) is 6.60. The van der Waals surface area contributed by atoms with Gasteiger partial charge in [0.05, 0.1) is 32.7 Å². The molecule has 2 aromatic heterocycles. The van der Waals surface area contributed by atoms with Gasteiger partial charge < -0.3 is 14.8 Å². The predicted molar refractivity (Wildman–Crippen MR) is 143 cm³/mol. The van der Waals surface area contributed by atoms with E-state index in [1.165, 1.54) is 12.1 Å². The first-order valence-corrected chi connectivity index (χ1v) is 13.4. The molecule has 0 radical (unpaired) electrons. The van der Waals surface area contributed by atoms with Crippen LogP contribution in [0.3, 0.4) is 0 Å². The topological polar surface area (TPSA) is 60.9 Å². The zero-order chi connectivity index (χ0) is 26.4. The summed E-state index contributed by atoms with van der Waals surface area (Å²) in [6.45, 7) is 2.37. The largest absolute Gasteiger partial charge is 0.416 e. The van der Waals surface area contributed by atoms with Gasteiger partial charge in [0.25, 0.3) is 0 Å². The Bertz CT molecular complexity index is 1420. The lowest BCUT2D eigenvalue weighted by Crippen LogP contribution is -2.35. The average molecular weight is 561 g/mol. The minimum absolute atomic E-state index is 0.0314. The molecule has 6 nitrogen and oxygen atoms in total. The second-order valence-corrected chi connectivity index (χ2v) is 10.7. The average Bonchev–Trinajstić information content (AvgIpc) is 3.56. The lowest BCUT2D eigenvalue weighted by Gasteiger charge is -2.34. The van der Waals surface area contributed by atoms with Crippen LogP contribution < -0.4 is 9.80 Å². The lowest BCUT2D eigenvalue weighted by molar-refractivity contribution is -0.137. The zero-order valence-electron chi connectivity index (χ0n) is 20.3. The molecule has 1 unspecified atom stereocenters. The number of aromatic amines is 1. The van der Waals surface area contributed by atoms with Gasteiger partial charge in [0.15, 0.2) is 0 Å². The predicted octanol–water partition coefficient (Wildman–Crippen LogP) is 7.40. The molecule has 2 saturated heterocycles. The summed E-state index contributed by atoms with van der Waals surface area (Å²) >= 11 is 12.4. The maximum atomic E-state index is 13.0. The number of hydrogen-bond donors (Lipinski definition) is 1. The third-order valence-corrected chi connectivity index (χ3v) is 8.22. The minimum atomic E-state index is -4.33. The van der Waals surface area contributed by atoms with Crippen molar-refractivity contribution in [3.63, 3.8) is 0 Å². The first kappa shape index (κ1) is 25.2. The number of hydrogen-bond acceptors (Lipinski definition) is 5. The molecule has 0 aliphatic carbocycles. The quantitative estimate of drug-likeness (QED) is 0.281. The van der Waals surface area contributed by atoms with Crippen LogP contribution in [0.1, 0.15) is 54.6 Å².